The number of ether oxygens (including phenoxy) is 1. The van der Waals surface area contributed by atoms with Crippen LogP contribution in [-0.2, 0) is 11.3 Å². The first kappa shape index (κ1) is 11.5. The van der Waals surface area contributed by atoms with Gasteiger partial charge < -0.3 is 10.1 Å². The molecule has 1 aliphatic heterocycles. The molecule has 3 rings (SSSR count). The van der Waals surface area contributed by atoms with Crippen LogP contribution < -0.4 is 5.32 Å². The van der Waals surface area contributed by atoms with Gasteiger partial charge in [0.25, 0.3) is 0 Å². The van der Waals surface area contributed by atoms with Crippen molar-refractivity contribution in [2.45, 2.75) is 32.4 Å². The fourth-order valence-electron chi connectivity index (χ4n) is 2.40. The molecule has 0 radical (unpaired) electrons. The van der Waals surface area contributed by atoms with Crippen LogP contribution in [-0.4, -0.2) is 34.0 Å². The largest absolute Gasteiger partial charge is 0.381 e. The second-order valence-electron chi connectivity index (χ2n) is 4.59. The summed E-state index contributed by atoms with van der Waals surface area (Å²) in [5.74, 6) is 0. The highest BCUT2D eigenvalue weighted by atomic mass is 16.5. The lowest BCUT2D eigenvalue weighted by atomic mass is 10.1. The minimum Gasteiger partial charge on any atom is -0.381 e. The maximum atomic E-state index is 5.38. The monoisotopic (exact) mass is 246 g/mol. The van der Waals surface area contributed by atoms with Gasteiger partial charge in [0.2, 0.25) is 0 Å². The van der Waals surface area contributed by atoms with Crippen molar-refractivity contribution in [1.29, 1.82) is 0 Å². The molecule has 0 aliphatic carbocycles. The second-order valence-corrected chi connectivity index (χ2v) is 4.59. The van der Waals surface area contributed by atoms with E-state index in [1.54, 1.807) is 0 Å². The van der Waals surface area contributed by atoms with Crippen molar-refractivity contribution in [1.82, 2.24) is 14.8 Å². The molecular formula is C13H18N4O. The van der Waals surface area contributed by atoms with Crippen molar-refractivity contribution < 1.29 is 4.74 Å². The highest BCUT2D eigenvalue weighted by Crippen LogP contribution is 2.23. The number of anilines is 1. The number of aryl methyl sites for hydroxylation is 1. The number of hydrogen-bond acceptors (Lipinski definition) is 4. The summed E-state index contributed by atoms with van der Waals surface area (Å²) >= 11 is 0. The average molecular weight is 246 g/mol. The standard InChI is InChI=1S/C13H18N4O/c1-2-17-13-11(9-15-17)12(3-6-14-13)16-10-4-7-18-8-5-10/h3,6,9-10H,2,4-5,7-8H2,1H3,(H,14,16). The molecule has 0 amide bonds. The van der Waals surface area contributed by atoms with E-state index in [0.717, 1.165) is 49.3 Å². The fraction of sp³-hybridized carbons (Fsp3) is 0.538. The molecule has 2 aromatic rings. The summed E-state index contributed by atoms with van der Waals surface area (Å²) in [7, 11) is 0. The maximum absolute atomic E-state index is 5.38. The molecule has 1 aliphatic rings. The zero-order valence-corrected chi connectivity index (χ0v) is 10.6. The quantitative estimate of drug-likeness (QED) is 0.900. The highest BCUT2D eigenvalue weighted by Gasteiger charge is 2.15. The molecule has 1 fully saturated rings. The van der Waals surface area contributed by atoms with Gasteiger partial charge in [-0.1, -0.05) is 0 Å². The Kier molecular flexibility index (Phi) is 3.15. The van der Waals surface area contributed by atoms with Gasteiger partial charge in [0.1, 0.15) is 0 Å². The predicted octanol–water partition coefficient (Wildman–Crippen LogP) is 2.04. The molecule has 1 N–H and O–H groups in total. The number of pyridine rings is 1. The number of hydrogen-bond donors (Lipinski definition) is 1. The Balaban J connectivity index is 1.89. The first-order chi connectivity index (χ1) is 8.88. The van der Waals surface area contributed by atoms with E-state index in [0.29, 0.717) is 6.04 Å². The van der Waals surface area contributed by atoms with E-state index >= 15 is 0 Å². The summed E-state index contributed by atoms with van der Waals surface area (Å²) in [6, 6.07) is 2.52. The Morgan fingerprint density at radius 3 is 3.06 bits per heavy atom. The lowest BCUT2D eigenvalue weighted by molar-refractivity contribution is 0.0905. The summed E-state index contributed by atoms with van der Waals surface area (Å²) in [4.78, 5) is 4.40. The minimum absolute atomic E-state index is 0.495. The van der Waals surface area contributed by atoms with Crippen LogP contribution in [0.25, 0.3) is 11.0 Å². The van der Waals surface area contributed by atoms with Crippen LogP contribution in [0.5, 0.6) is 0 Å². The highest BCUT2D eigenvalue weighted by molar-refractivity contribution is 5.88. The zero-order valence-electron chi connectivity index (χ0n) is 10.6. The normalized spacial score (nSPS) is 17.2. The van der Waals surface area contributed by atoms with E-state index in [2.05, 4.69) is 22.3 Å². The van der Waals surface area contributed by atoms with Crippen molar-refractivity contribution >= 4 is 16.7 Å². The van der Waals surface area contributed by atoms with Crippen molar-refractivity contribution in [3.05, 3.63) is 18.5 Å². The third-order valence-corrected chi connectivity index (χ3v) is 3.42. The van der Waals surface area contributed by atoms with Crippen LogP contribution >= 0.6 is 0 Å². The third kappa shape index (κ3) is 2.06. The molecule has 18 heavy (non-hydrogen) atoms. The predicted molar refractivity (Wildman–Crippen MR) is 70.7 cm³/mol. The van der Waals surface area contributed by atoms with Gasteiger partial charge in [-0.25, -0.2) is 9.67 Å². The van der Waals surface area contributed by atoms with E-state index < -0.39 is 0 Å². The van der Waals surface area contributed by atoms with Crippen molar-refractivity contribution in [2.24, 2.45) is 0 Å². The van der Waals surface area contributed by atoms with Crippen LogP contribution in [0.1, 0.15) is 19.8 Å². The summed E-state index contributed by atoms with van der Waals surface area (Å²) in [6.45, 7) is 4.62. The maximum Gasteiger partial charge on any atom is 0.159 e. The molecule has 96 valence electrons. The molecule has 0 unspecified atom stereocenters. The van der Waals surface area contributed by atoms with Crippen LogP contribution in [0.4, 0.5) is 5.69 Å². The van der Waals surface area contributed by atoms with Gasteiger partial charge in [-0.15, -0.1) is 0 Å². The molecule has 0 bridgehead atoms. The lowest BCUT2D eigenvalue weighted by Gasteiger charge is -2.24. The molecule has 0 atom stereocenters. The summed E-state index contributed by atoms with van der Waals surface area (Å²) < 4.78 is 7.30. The van der Waals surface area contributed by atoms with Crippen molar-refractivity contribution in [3.8, 4) is 0 Å². The topological polar surface area (TPSA) is 52.0 Å². The van der Waals surface area contributed by atoms with Crippen molar-refractivity contribution in [3.63, 3.8) is 0 Å². The summed E-state index contributed by atoms with van der Waals surface area (Å²) in [5.41, 5.74) is 2.08. The van der Waals surface area contributed by atoms with E-state index in [1.807, 2.05) is 23.1 Å². The average Bonchev–Trinajstić information content (AvgIpc) is 2.84. The Bertz CT molecular complexity index is 531. The van der Waals surface area contributed by atoms with Gasteiger partial charge in [-0.3, -0.25) is 0 Å². The second kappa shape index (κ2) is 4.94. The lowest BCUT2D eigenvalue weighted by Crippen LogP contribution is -2.27. The van der Waals surface area contributed by atoms with E-state index in [9.17, 15) is 0 Å². The van der Waals surface area contributed by atoms with Gasteiger partial charge >= 0.3 is 0 Å². The van der Waals surface area contributed by atoms with E-state index in [-0.39, 0.29) is 0 Å². The first-order valence-electron chi connectivity index (χ1n) is 6.53. The van der Waals surface area contributed by atoms with Crippen LogP contribution in [0, 0.1) is 0 Å². The zero-order chi connectivity index (χ0) is 12.4. The Labute approximate surface area is 106 Å². The minimum atomic E-state index is 0.495. The van der Waals surface area contributed by atoms with Gasteiger partial charge in [-0.2, -0.15) is 5.10 Å². The Morgan fingerprint density at radius 1 is 1.44 bits per heavy atom. The molecule has 0 aromatic carbocycles. The Morgan fingerprint density at radius 2 is 2.28 bits per heavy atom. The molecule has 0 spiro atoms. The molecule has 3 heterocycles. The van der Waals surface area contributed by atoms with E-state index in [4.69, 9.17) is 4.74 Å². The number of fused-ring (bicyclic) bond motifs is 1. The Hall–Kier alpha value is -1.62. The molecule has 5 nitrogen and oxygen atoms in total. The number of nitrogens with one attached hydrogen (secondary N) is 1. The van der Waals surface area contributed by atoms with Crippen molar-refractivity contribution in [2.75, 3.05) is 18.5 Å². The molecule has 0 saturated carbocycles. The van der Waals surface area contributed by atoms with Crippen LogP contribution in [0.3, 0.4) is 0 Å². The van der Waals surface area contributed by atoms with Crippen LogP contribution in [0.15, 0.2) is 18.5 Å². The molecule has 2 aromatic heterocycles. The molecular weight excluding hydrogens is 228 g/mol. The summed E-state index contributed by atoms with van der Waals surface area (Å²) in [5, 5.41) is 9.05. The van der Waals surface area contributed by atoms with E-state index in [1.165, 1.54) is 0 Å². The van der Waals surface area contributed by atoms with Gasteiger partial charge in [0.05, 0.1) is 11.6 Å². The molecule has 5 heteroatoms. The SMILES string of the molecule is CCn1ncc2c(NC3CCOCC3)ccnc21. The number of nitrogens with zero attached hydrogens (tertiary/aromatic N) is 3. The number of rotatable bonds is 3. The first-order valence-corrected chi connectivity index (χ1v) is 6.53. The van der Waals surface area contributed by atoms with Gasteiger partial charge in [0, 0.05) is 37.7 Å². The van der Waals surface area contributed by atoms with Gasteiger partial charge in [0.15, 0.2) is 5.65 Å². The summed E-state index contributed by atoms with van der Waals surface area (Å²) in [6.07, 6.45) is 5.86. The number of aromatic nitrogens is 3. The third-order valence-electron chi connectivity index (χ3n) is 3.42. The molecule has 1 saturated heterocycles. The fourth-order valence-corrected chi connectivity index (χ4v) is 2.40. The van der Waals surface area contributed by atoms with Crippen LogP contribution in [0.2, 0.25) is 0 Å². The smallest absolute Gasteiger partial charge is 0.159 e. The van der Waals surface area contributed by atoms with Gasteiger partial charge in [-0.05, 0) is 25.8 Å².